The van der Waals surface area contributed by atoms with Gasteiger partial charge in [0.25, 0.3) is 0 Å². The minimum absolute atomic E-state index is 0.166. The van der Waals surface area contributed by atoms with Gasteiger partial charge in [0.05, 0.1) is 17.3 Å². The number of nitrogens with zero attached hydrogens (tertiary/aromatic N) is 1. The summed E-state index contributed by atoms with van der Waals surface area (Å²) < 4.78 is 0.737. The van der Waals surface area contributed by atoms with Crippen molar-refractivity contribution in [2.24, 2.45) is 0 Å². The van der Waals surface area contributed by atoms with Crippen LogP contribution in [-0.4, -0.2) is 23.1 Å². The average Bonchev–Trinajstić information content (AvgIpc) is 2.86. The summed E-state index contributed by atoms with van der Waals surface area (Å²) in [6.45, 7) is 1.41. The molecule has 0 aliphatic heterocycles. The van der Waals surface area contributed by atoms with Crippen molar-refractivity contribution < 1.29 is 9.59 Å². The van der Waals surface area contributed by atoms with Crippen LogP contribution in [0.25, 0.3) is 0 Å². The molecule has 4 aromatic carbocycles. The Kier molecular flexibility index (Phi) is 8.48. The van der Waals surface area contributed by atoms with Crippen molar-refractivity contribution in [2.45, 2.75) is 13.1 Å². The zero-order valence-electron chi connectivity index (χ0n) is 19.0. The second-order valence-electron chi connectivity index (χ2n) is 8.16. The molecule has 0 aliphatic carbocycles. The van der Waals surface area contributed by atoms with E-state index in [-0.39, 0.29) is 18.2 Å². The van der Waals surface area contributed by atoms with Gasteiger partial charge in [-0.05, 0) is 41.5 Å². The van der Waals surface area contributed by atoms with Crippen LogP contribution < -0.4 is 5.32 Å². The number of halogens is 2. The van der Waals surface area contributed by atoms with Crippen molar-refractivity contribution >= 4 is 44.9 Å². The lowest BCUT2D eigenvalue weighted by Gasteiger charge is -2.22. The number of ketones is 1. The smallest absolute Gasteiger partial charge is 0.238 e. The first-order valence-electron chi connectivity index (χ1n) is 11.2. The summed E-state index contributed by atoms with van der Waals surface area (Å²) in [7, 11) is 0. The van der Waals surface area contributed by atoms with Gasteiger partial charge in [-0.25, -0.2) is 0 Å². The fourth-order valence-electron chi connectivity index (χ4n) is 3.85. The monoisotopic (exact) mass is 546 g/mol. The third-order valence-electron chi connectivity index (χ3n) is 5.48. The summed E-state index contributed by atoms with van der Waals surface area (Å²) in [5.74, 6) is -0.454. The first-order valence-corrected chi connectivity index (χ1v) is 12.4. The first-order chi connectivity index (χ1) is 17.0. The molecule has 0 aliphatic rings. The molecule has 35 heavy (non-hydrogen) atoms. The van der Waals surface area contributed by atoms with Crippen molar-refractivity contribution in [3.63, 3.8) is 0 Å². The number of carbonyl (C=O) groups is 2. The fourth-order valence-corrected chi connectivity index (χ4v) is 4.43. The van der Waals surface area contributed by atoms with Crippen LogP contribution in [-0.2, 0) is 17.9 Å². The Morgan fingerprint density at radius 2 is 1.31 bits per heavy atom. The van der Waals surface area contributed by atoms with Gasteiger partial charge in [0.15, 0.2) is 5.78 Å². The van der Waals surface area contributed by atoms with Gasteiger partial charge in [-0.1, -0.05) is 100 Å². The Morgan fingerprint density at radius 3 is 1.91 bits per heavy atom. The molecule has 0 saturated carbocycles. The number of carbonyl (C=O) groups excluding carboxylic acids is 2. The molecule has 4 rings (SSSR count). The van der Waals surface area contributed by atoms with E-state index in [1.54, 1.807) is 42.5 Å². The highest BCUT2D eigenvalue weighted by Crippen LogP contribution is 2.27. The molecule has 0 heterocycles. The Bertz CT molecular complexity index is 1270. The number of amides is 1. The highest BCUT2D eigenvalue weighted by molar-refractivity contribution is 9.10. The van der Waals surface area contributed by atoms with Crippen molar-refractivity contribution in [3.05, 3.63) is 135 Å². The van der Waals surface area contributed by atoms with E-state index >= 15 is 0 Å². The number of benzene rings is 4. The van der Waals surface area contributed by atoms with Gasteiger partial charge in [-0.15, -0.1) is 0 Å². The number of hydrogen-bond acceptors (Lipinski definition) is 3. The normalized spacial score (nSPS) is 10.8. The highest BCUT2D eigenvalue weighted by atomic mass is 79.9. The van der Waals surface area contributed by atoms with Crippen LogP contribution in [0.1, 0.15) is 27.0 Å². The van der Waals surface area contributed by atoms with Crippen molar-refractivity contribution in [1.29, 1.82) is 0 Å². The second kappa shape index (κ2) is 11.9. The summed E-state index contributed by atoms with van der Waals surface area (Å²) in [4.78, 5) is 28.5. The standard InChI is InChI=1S/C29H24BrClN2O2/c30-23-15-16-27(25(17-23)29(35)24-13-7-8-14-26(24)31)32-28(34)20-33(18-21-9-3-1-4-10-21)19-22-11-5-2-6-12-22/h1-17H,18-20H2,(H,32,34). The number of hydrogen-bond donors (Lipinski definition) is 1. The topological polar surface area (TPSA) is 49.4 Å². The van der Waals surface area contributed by atoms with Crippen LogP contribution in [0, 0.1) is 0 Å². The summed E-state index contributed by atoms with van der Waals surface area (Å²) in [6.07, 6.45) is 0. The van der Waals surface area contributed by atoms with E-state index in [1.807, 2.05) is 60.7 Å². The Labute approximate surface area is 218 Å². The predicted molar refractivity (Wildman–Crippen MR) is 145 cm³/mol. The van der Waals surface area contributed by atoms with E-state index < -0.39 is 0 Å². The third-order valence-corrected chi connectivity index (χ3v) is 6.31. The molecule has 0 bridgehead atoms. The predicted octanol–water partition coefficient (Wildman–Crippen LogP) is 6.97. The van der Waals surface area contributed by atoms with Crippen molar-refractivity contribution in [1.82, 2.24) is 4.90 Å². The summed E-state index contributed by atoms with van der Waals surface area (Å²) in [5.41, 5.74) is 3.45. The summed E-state index contributed by atoms with van der Waals surface area (Å²) >= 11 is 9.69. The summed E-state index contributed by atoms with van der Waals surface area (Å²) in [5, 5.41) is 3.31. The van der Waals surface area contributed by atoms with Gasteiger partial charge in [0.1, 0.15) is 0 Å². The largest absolute Gasteiger partial charge is 0.324 e. The molecule has 0 unspecified atom stereocenters. The molecule has 0 spiro atoms. The molecule has 4 nitrogen and oxygen atoms in total. The Hall–Kier alpha value is -3.25. The van der Waals surface area contributed by atoms with Gasteiger partial charge in [0, 0.05) is 28.7 Å². The molecule has 0 fully saturated rings. The van der Waals surface area contributed by atoms with E-state index in [4.69, 9.17) is 11.6 Å². The Morgan fingerprint density at radius 1 is 0.743 bits per heavy atom. The highest BCUT2D eigenvalue weighted by Gasteiger charge is 2.19. The molecular weight excluding hydrogens is 524 g/mol. The molecular formula is C29H24BrClN2O2. The summed E-state index contributed by atoms with van der Waals surface area (Å²) in [6, 6.07) is 32.2. The van der Waals surface area contributed by atoms with E-state index in [0.29, 0.717) is 34.9 Å². The first kappa shape index (κ1) is 24.9. The third kappa shape index (κ3) is 6.89. The molecule has 1 amide bonds. The van der Waals surface area contributed by atoms with Crippen molar-refractivity contribution in [3.8, 4) is 0 Å². The number of anilines is 1. The molecule has 0 saturated heterocycles. The average molecular weight is 548 g/mol. The SMILES string of the molecule is O=C(CN(Cc1ccccc1)Cc1ccccc1)Nc1ccc(Br)cc1C(=O)c1ccccc1Cl. The van der Waals surface area contributed by atoms with Crippen LogP contribution in [0.3, 0.4) is 0 Å². The lowest BCUT2D eigenvalue weighted by molar-refractivity contribution is -0.117. The minimum Gasteiger partial charge on any atom is -0.324 e. The van der Waals surface area contributed by atoms with E-state index in [0.717, 1.165) is 15.6 Å². The van der Waals surface area contributed by atoms with E-state index in [1.165, 1.54) is 0 Å². The van der Waals surface area contributed by atoms with Gasteiger partial charge >= 0.3 is 0 Å². The van der Waals surface area contributed by atoms with Crippen molar-refractivity contribution in [2.75, 3.05) is 11.9 Å². The van der Waals surface area contributed by atoms with E-state index in [9.17, 15) is 9.59 Å². The molecule has 0 aromatic heterocycles. The fraction of sp³-hybridized carbons (Fsp3) is 0.103. The Balaban J connectivity index is 1.54. The quantitative estimate of drug-likeness (QED) is 0.230. The zero-order chi connectivity index (χ0) is 24.6. The number of rotatable bonds is 9. The zero-order valence-corrected chi connectivity index (χ0v) is 21.3. The van der Waals surface area contributed by atoms with Crippen LogP contribution in [0.5, 0.6) is 0 Å². The van der Waals surface area contributed by atoms with Crippen LogP contribution >= 0.6 is 27.5 Å². The van der Waals surface area contributed by atoms with Gasteiger partial charge in [-0.2, -0.15) is 0 Å². The maximum Gasteiger partial charge on any atom is 0.238 e. The van der Waals surface area contributed by atoms with Crippen LogP contribution in [0.4, 0.5) is 5.69 Å². The molecule has 0 radical (unpaired) electrons. The lowest BCUT2D eigenvalue weighted by atomic mass is 10.0. The van der Waals surface area contributed by atoms with Crippen LogP contribution in [0.15, 0.2) is 108 Å². The minimum atomic E-state index is -0.252. The van der Waals surface area contributed by atoms with Gasteiger partial charge < -0.3 is 5.32 Å². The molecule has 1 N–H and O–H groups in total. The van der Waals surface area contributed by atoms with Crippen LogP contribution in [0.2, 0.25) is 5.02 Å². The second-order valence-corrected chi connectivity index (χ2v) is 9.49. The van der Waals surface area contributed by atoms with Gasteiger partial charge in [0.2, 0.25) is 5.91 Å². The maximum atomic E-state index is 13.3. The molecule has 0 atom stereocenters. The number of nitrogens with one attached hydrogen (secondary N) is 1. The van der Waals surface area contributed by atoms with Gasteiger partial charge in [-0.3, -0.25) is 14.5 Å². The molecule has 6 heteroatoms. The van der Waals surface area contributed by atoms with E-state index in [2.05, 4.69) is 26.1 Å². The molecule has 176 valence electrons. The maximum absolute atomic E-state index is 13.3. The lowest BCUT2D eigenvalue weighted by Crippen LogP contribution is -2.33. The molecule has 4 aromatic rings.